The molecular formula is C19H20F2N2O3. The molecular weight excluding hydrogens is 342 g/mol. The van der Waals surface area contributed by atoms with Gasteiger partial charge in [-0.25, -0.2) is 8.78 Å². The van der Waals surface area contributed by atoms with Crippen LogP contribution in [0.1, 0.15) is 26.3 Å². The van der Waals surface area contributed by atoms with Gasteiger partial charge in [0.1, 0.15) is 11.5 Å². The molecule has 7 heteroatoms. The summed E-state index contributed by atoms with van der Waals surface area (Å²) < 4.78 is 32.0. The second kappa shape index (κ2) is 6.48. The van der Waals surface area contributed by atoms with Crippen LogP contribution in [-0.2, 0) is 10.2 Å². The molecule has 0 saturated carbocycles. The van der Waals surface area contributed by atoms with E-state index < -0.39 is 23.6 Å². The van der Waals surface area contributed by atoms with Crippen molar-refractivity contribution in [1.29, 1.82) is 0 Å². The minimum Gasteiger partial charge on any atom is -0.508 e. The number of anilines is 2. The van der Waals surface area contributed by atoms with E-state index in [0.717, 1.165) is 17.7 Å². The normalized spacial score (nSPS) is 16.3. The van der Waals surface area contributed by atoms with E-state index in [1.807, 2.05) is 20.8 Å². The molecule has 2 aromatic rings. The summed E-state index contributed by atoms with van der Waals surface area (Å²) in [5, 5.41) is 15.7. The first-order chi connectivity index (χ1) is 12.1. The quantitative estimate of drug-likeness (QED) is 0.760. The van der Waals surface area contributed by atoms with Crippen molar-refractivity contribution in [3.8, 4) is 11.5 Å². The molecule has 1 heterocycles. The molecule has 1 amide bonds. The lowest BCUT2D eigenvalue weighted by Crippen LogP contribution is -2.41. The molecule has 0 saturated heterocycles. The zero-order valence-corrected chi connectivity index (χ0v) is 14.7. The molecule has 138 valence electrons. The predicted molar refractivity (Wildman–Crippen MR) is 94.7 cm³/mol. The maximum Gasteiger partial charge on any atom is 0.267 e. The van der Waals surface area contributed by atoms with Crippen LogP contribution in [0.4, 0.5) is 20.2 Å². The average Bonchev–Trinajstić information content (AvgIpc) is 2.54. The Kier molecular flexibility index (Phi) is 4.48. The molecule has 3 N–H and O–H groups in total. The third-order valence-electron chi connectivity index (χ3n) is 4.14. The number of nitrogens with one attached hydrogen (secondary N) is 2. The summed E-state index contributed by atoms with van der Waals surface area (Å²) in [7, 11) is 0. The molecule has 1 atom stereocenters. The van der Waals surface area contributed by atoms with Gasteiger partial charge in [0, 0.05) is 23.9 Å². The zero-order chi connectivity index (χ0) is 19.1. The number of halogens is 2. The van der Waals surface area contributed by atoms with E-state index in [0.29, 0.717) is 11.4 Å². The number of phenols is 1. The highest BCUT2D eigenvalue weighted by Gasteiger charge is 2.27. The highest BCUT2D eigenvalue weighted by molar-refractivity contribution is 5.95. The fourth-order valence-corrected chi connectivity index (χ4v) is 2.77. The first kappa shape index (κ1) is 18.0. The number of carbonyl (C=O) groups is 1. The van der Waals surface area contributed by atoms with Gasteiger partial charge in [-0.15, -0.1) is 0 Å². The Morgan fingerprint density at radius 1 is 1.23 bits per heavy atom. The summed E-state index contributed by atoms with van der Waals surface area (Å²) in [4.78, 5) is 12.4. The van der Waals surface area contributed by atoms with E-state index in [9.17, 15) is 18.7 Å². The van der Waals surface area contributed by atoms with Crippen molar-refractivity contribution in [1.82, 2.24) is 0 Å². The van der Waals surface area contributed by atoms with Gasteiger partial charge in [0.2, 0.25) is 0 Å². The molecule has 0 bridgehead atoms. The highest BCUT2D eigenvalue weighted by atomic mass is 19.2. The largest absolute Gasteiger partial charge is 0.508 e. The van der Waals surface area contributed by atoms with E-state index >= 15 is 0 Å². The van der Waals surface area contributed by atoms with Gasteiger partial charge in [0.25, 0.3) is 5.91 Å². The predicted octanol–water partition coefficient (Wildman–Crippen LogP) is 3.78. The van der Waals surface area contributed by atoms with Crippen molar-refractivity contribution >= 4 is 17.3 Å². The summed E-state index contributed by atoms with van der Waals surface area (Å²) in [6.07, 6.45) is -0.920. The van der Waals surface area contributed by atoms with Gasteiger partial charge in [-0.3, -0.25) is 4.79 Å². The smallest absolute Gasteiger partial charge is 0.267 e. The number of hydrogen-bond donors (Lipinski definition) is 3. The number of rotatable bonds is 2. The van der Waals surface area contributed by atoms with E-state index in [1.165, 1.54) is 6.07 Å². The number of carbonyl (C=O) groups excluding carboxylic acids is 1. The summed E-state index contributed by atoms with van der Waals surface area (Å²) in [6, 6.07) is 6.80. The molecule has 5 nitrogen and oxygen atoms in total. The van der Waals surface area contributed by atoms with Gasteiger partial charge in [0.15, 0.2) is 17.7 Å². The number of phenolic OH excluding ortho intramolecular Hbond substituents is 1. The fourth-order valence-electron chi connectivity index (χ4n) is 2.77. The Labute approximate surface area is 150 Å². The topological polar surface area (TPSA) is 70.6 Å². The molecule has 3 rings (SSSR count). The van der Waals surface area contributed by atoms with Gasteiger partial charge < -0.3 is 20.5 Å². The average molecular weight is 362 g/mol. The van der Waals surface area contributed by atoms with Crippen LogP contribution in [0.5, 0.6) is 11.5 Å². The Hall–Kier alpha value is -2.83. The molecule has 0 radical (unpaired) electrons. The van der Waals surface area contributed by atoms with Gasteiger partial charge in [-0.2, -0.15) is 0 Å². The Morgan fingerprint density at radius 2 is 1.92 bits per heavy atom. The molecule has 0 aromatic heterocycles. The molecule has 2 aromatic carbocycles. The van der Waals surface area contributed by atoms with E-state index in [1.54, 1.807) is 12.1 Å². The summed E-state index contributed by atoms with van der Waals surface area (Å²) in [5.41, 5.74) is 1.24. The van der Waals surface area contributed by atoms with Gasteiger partial charge in [0.05, 0.1) is 12.2 Å². The number of fused-ring (bicyclic) bond motifs is 1. The van der Waals surface area contributed by atoms with Crippen LogP contribution < -0.4 is 15.4 Å². The number of hydrogen-bond acceptors (Lipinski definition) is 4. The molecule has 1 aliphatic rings. The SMILES string of the molecule is CC(C)(C)c1ccc(NC(=O)C2CNc3cc(F)c(F)cc3O2)cc1O. The van der Waals surface area contributed by atoms with Gasteiger partial charge >= 0.3 is 0 Å². The lowest BCUT2D eigenvalue weighted by atomic mass is 9.86. The van der Waals surface area contributed by atoms with Crippen LogP contribution >= 0.6 is 0 Å². The van der Waals surface area contributed by atoms with Crippen LogP contribution in [0.2, 0.25) is 0 Å². The Morgan fingerprint density at radius 3 is 2.58 bits per heavy atom. The first-order valence-corrected chi connectivity index (χ1v) is 8.19. The van der Waals surface area contributed by atoms with Crippen LogP contribution in [0, 0.1) is 11.6 Å². The van der Waals surface area contributed by atoms with Crippen molar-refractivity contribution in [2.24, 2.45) is 0 Å². The lowest BCUT2D eigenvalue weighted by Gasteiger charge is -2.27. The third kappa shape index (κ3) is 3.56. The summed E-state index contributed by atoms with van der Waals surface area (Å²) >= 11 is 0. The van der Waals surface area contributed by atoms with E-state index in [4.69, 9.17) is 4.74 Å². The molecule has 1 aliphatic heterocycles. The van der Waals surface area contributed by atoms with Crippen LogP contribution in [0.3, 0.4) is 0 Å². The second-order valence-electron chi connectivity index (χ2n) is 7.22. The van der Waals surface area contributed by atoms with Crippen molar-refractivity contribution in [2.75, 3.05) is 17.2 Å². The van der Waals surface area contributed by atoms with Crippen molar-refractivity contribution in [3.05, 3.63) is 47.5 Å². The van der Waals surface area contributed by atoms with Crippen molar-refractivity contribution in [2.45, 2.75) is 32.3 Å². The minimum absolute atomic E-state index is 0.0706. The van der Waals surface area contributed by atoms with Crippen molar-refractivity contribution < 1.29 is 23.4 Å². The summed E-state index contributed by atoms with van der Waals surface area (Å²) in [5.74, 6) is -2.34. The van der Waals surface area contributed by atoms with E-state index in [-0.39, 0.29) is 23.5 Å². The van der Waals surface area contributed by atoms with Gasteiger partial charge in [-0.05, 0) is 17.0 Å². The van der Waals surface area contributed by atoms with Crippen LogP contribution in [-0.4, -0.2) is 23.7 Å². The zero-order valence-electron chi connectivity index (χ0n) is 14.7. The van der Waals surface area contributed by atoms with Crippen LogP contribution in [0.15, 0.2) is 30.3 Å². The van der Waals surface area contributed by atoms with Crippen LogP contribution in [0.25, 0.3) is 0 Å². The molecule has 0 spiro atoms. The van der Waals surface area contributed by atoms with Gasteiger partial charge in [-0.1, -0.05) is 26.8 Å². The lowest BCUT2D eigenvalue weighted by molar-refractivity contribution is -0.122. The fraction of sp³-hybridized carbons (Fsp3) is 0.316. The molecule has 1 unspecified atom stereocenters. The molecule has 0 aliphatic carbocycles. The number of benzene rings is 2. The number of ether oxygens (including phenoxy) is 1. The number of aromatic hydroxyl groups is 1. The first-order valence-electron chi connectivity index (χ1n) is 8.19. The standard InChI is InChI=1S/C19H20F2N2O3/c1-19(2,3)11-5-4-10(6-15(11)24)23-18(25)17-9-22-14-7-12(20)13(21)8-16(14)26-17/h4-8,17,22,24H,9H2,1-3H3,(H,23,25). The maximum absolute atomic E-state index is 13.3. The highest BCUT2D eigenvalue weighted by Crippen LogP contribution is 2.33. The summed E-state index contributed by atoms with van der Waals surface area (Å²) in [6.45, 7) is 6.03. The minimum atomic E-state index is -1.05. The Balaban J connectivity index is 1.73. The third-order valence-corrected chi connectivity index (χ3v) is 4.14. The molecule has 0 fully saturated rings. The second-order valence-corrected chi connectivity index (χ2v) is 7.22. The van der Waals surface area contributed by atoms with Crippen molar-refractivity contribution in [3.63, 3.8) is 0 Å². The monoisotopic (exact) mass is 362 g/mol. The van der Waals surface area contributed by atoms with E-state index in [2.05, 4.69) is 10.6 Å². The Bertz CT molecular complexity index is 863. The molecule has 26 heavy (non-hydrogen) atoms. The maximum atomic E-state index is 13.3. The number of amides is 1.